The van der Waals surface area contributed by atoms with Gasteiger partial charge in [-0.15, -0.1) is 0 Å². The molecule has 0 bridgehead atoms. The van der Waals surface area contributed by atoms with Crippen LogP contribution in [0.2, 0.25) is 0 Å². The maximum absolute atomic E-state index is 12.5. The Kier molecular flexibility index (Phi) is 5.12. The van der Waals surface area contributed by atoms with E-state index in [2.05, 4.69) is 32.6 Å². The van der Waals surface area contributed by atoms with E-state index in [9.17, 15) is 4.79 Å². The Morgan fingerprint density at radius 3 is 2.84 bits per heavy atom. The number of hydrogen-bond acceptors (Lipinski definition) is 4. The first-order valence-electron chi connectivity index (χ1n) is 10.5. The topological polar surface area (TPSA) is 79.9 Å². The number of rotatable bonds is 6. The Balaban J connectivity index is 1.19. The lowest BCUT2D eigenvalue weighted by atomic mass is 9.70. The van der Waals surface area contributed by atoms with Crippen LogP contribution < -0.4 is 10.1 Å². The van der Waals surface area contributed by atoms with E-state index in [1.54, 1.807) is 13.3 Å². The van der Waals surface area contributed by atoms with Crippen LogP contribution in [0.3, 0.4) is 0 Å². The van der Waals surface area contributed by atoms with Crippen LogP contribution in [-0.4, -0.2) is 28.2 Å². The summed E-state index contributed by atoms with van der Waals surface area (Å²) < 4.78 is 5.49. The van der Waals surface area contributed by atoms with Crippen molar-refractivity contribution < 1.29 is 9.53 Å². The molecule has 1 saturated carbocycles. The van der Waals surface area contributed by atoms with Crippen LogP contribution in [0.5, 0.6) is 5.75 Å². The maximum Gasteiger partial charge on any atom is 0.229 e. The van der Waals surface area contributed by atoms with Gasteiger partial charge in [0, 0.05) is 23.6 Å². The molecular formula is C25H24N4O2. The second-order valence-corrected chi connectivity index (χ2v) is 8.07. The second-order valence-electron chi connectivity index (χ2n) is 8.07. The number of aromatic amines is 1. The van der Waals surface area contributed by atoms with Gasteiger partial charge in [0.2, 0.25) is 5.91 Å². The number of fused-ring (bicyclic) bond motifs is 1. The van der Waals surface area contributed by atoms with Gasteiger partial charge in [0.1, 0.15) is 11.6 Å². The molecular weight excluding hydrogens is 388 g/mol. The van der Waals surface area contributed by atoms with Gasteiger partial charge in [0.15, 0.2) is 0 Å². The molecule has 0 radical (unpaired) electrons. The number of anilines is 1. The van der Waals surface area contributed by atoms with Crippen molar-refractivity contribution in [2.24, 2.45) is 0 Å². The number of nitrogens with one attached hydrogen (secondary N) is 2. The van der Waals surface area contributed by atoms with Crippen molar-refractivity contribution in [2.45, 2.75) is 31.1 Å². The molecule has 31 heavy (non-hydrogen) atoms. The van der Waals surface area contributed by atoms with Crippen molar-refractivity contribution in [3.63, 3.8) is 0 Å². The average Bonchev–Trinajstić information content (AvgIpc) is 3.20. The van der Waals surface area contributed by atoms with Crippen LogP contribution in [0.15, 0.2) is 66.9 Å². The Morgan fingerprint density at radius 1 is 1.10 bits per heavy atom. The molecule has 1 amide bonds. The van der Waals surface area contributed by atoms with Gasteiger partial charge in [-0.05, 0) is 54.2 Å². The molecule has 0 aliphatic heterocycles. The molecule has 6 nitrogen and oxygen atoms in total. The highest BCUT2D eigenvalue weighted by atomic mass is 16.5. The van der Waals surface area contributed by atoms with Gasteiger partial charge >= 0.3 is 0 Å². The predicted molar refractivity (Wildman–Crippen MR) is 120 cm³/mol. The zero-order chi connectivity index (χ0) is 21.2. The number of methoxy groups -OCH3 is 1. The number of ether oxygens (including phenoxy) is 1. The fourth-order valence-electron chi connectivity index (χ4n) is 4.34. The van der Waals surface area contributed by atoms with Gasteiger partial charge in [0.05, 0.1) is 24.7 Å². The standard InChI is InChI=1S/C25H24N4O2/c1-31-23-7-3-2-6-20(23)18-13-19(14-18)22-15-24(29-28-22)27-25(30)12-16-8-9-21-17(11-16)5-4-10-26-21/h2-11,15,18-19H,12-14H2,1H3,(H2,27,28,29,30). The zero-order valence-electron chi connectivity index (χ0n) is 17.3. The predicted octanol–water partition coefficient (Wildman–Crippen LogP) is 4.81. The molecule has 2 aromatic carbocycles. The largest absolute Gasteiger partial charge is 0.496 e. The Bertz CT molecular complexity index is 1230. The summed E-state index contributed by atoms with van der Waals surface area (Å²) in [7, 11) is 1.71. The van der Waals surface area contributed by atoms with E-state index in [1.807, 2.05) is 48.5 Å². The average molecular weight is 412 g/mol. The quantitative estimate of drug-likeness (QED) is 0.476. The van der Waals surface area contributed by atoms with Crippen molar-refractivity contribution in [3.05, 3.63) is 83.7 Å². The molecule has 5 rings (SSSR count). The van der Waals surface area contributed by atoms with Crippen LogP contribution in [0.4, 0.5) is 5.82 Å². The zero-order valence-corrected chi connectivity index (χ0v) is 17.3. The van der Waals surface area contributed by atoms with Gasteiger partial charge in [-0.2, -0.15) is 5.10 Å². The third kappa shape index (κ3) is 4.01. The summed E-state index contributed by atoms with van der Waals surface area (Å²) in [5.41, 5.74) is 4.14. The molecule has 1 aliphatic rings. The molecule has 0 unspecified atom stereocenters. The van der Waals surface area contributed by atoms with Crippen LogP contribution in [0.25, 0.3) is 10.9 Å². The molecule has 4 aromatic rings. The lowest BCUT2D eigenvalue weighted by Crippen LogP contribution is -2.21. The Morgan fingerprint density at radius 2 is 1.97 bits per heavy atom. The van der Waals surface area contributed by atoms with Gasteiger partial charge in [-0.3, -0.25) is 14.9 Å². The van der Waals surface area contributed by atoms with Gasteiger partial charge in [0.25, 0.3) is 0 Å². The lowest BCUT2D eigenvalue weighted by molar-refractivity contribution is -0.115. The number of pyridine rings is 1. The summed E-state index contributed by atoms with van der Waals surface area (Å²) in [6, 6.07) is 19.9. The fraction of sp³-hybridized carbons (Fsp3) is 0.240. The molecule has 2 N–H and O–H groups in total. The number of H-pyrrole nitrogens is 1. The number of benzene rings is 2. The number of para-hydroxylation sites is 1. The smallest absolute Gasteiger partial charge is 0.229 e. The highest BCUT2D eigenvalue weighted by Crippen LogP contribution is 2.49. The third-order valence-electron chi connectivity index (χ3n) is 6.04. The SMILES string of the molecule is COc1ccccc1C1CC(c2cc(NC(=O)Cc3ccc4ncccc4c3)[nH]n2)C1. The monoisotopic (exact) mass is 412 g/mol. The van der Waals surface area contributed by atoms with E-state index in [0.29, 0.717) is 24.1 Å². The summed E-state index contributed by atoms with van der Waals surface area (Å²) in [5.74, 6) is 2.40. The van der Waals surface area contributed by atoms with Crippen molar-refractivity contribution in [1.82, 2.24) is 15.2 Å². The molecule has 2 heterocycles. The van der Waals surface area contributed by atoms with Crippen LogP contribution in [0.1, 0.15) is 41.5 Å². The minimum absolute atomic E-state index is 0.0704. The lowest BCUT2D eigenvalue weighted by Gasteiger charge is -2.35. The minimum atomic E-state index is -0.0704. The first-order chi connectivity index (χ1) is 15.2. The van der Waals surface area contributed by atoms with E-state index < -0.39 is 0 Å². The minimum Gasteiger partial charge on any atom is -0.496 e. The van der Waals surface area contributed by atoms with Crippen molar-refractivity contribution in [2.75, 3.05) is 12.4 Å². The number of amides is 1. The number of nitrogens with zero attached hydrogens (tertiary/aromatic N) is 2. The molecule has 6 heteroatoms. The molecule has 1 fully saturated rings. The van der Waals surface area contributed by atoms with E-state index in [4.69, 9.17) is 4.74 Å². The maximum atomic E-state index is 12.5. The van der Waals surface area contributed by atoms with E-state index >= 15 is 0 Å². The molecule has 0 spiro atoms. The molecule has 0 atom stereocenters. The number of hydrogen-bond donors (Lipinski definition) is 2. The molecule has 1 aliphatic carbocycles. The van der Waals surface area contributed by atoms with Crippen molar-refractivity contribution >= 4 is 22.6 Å². The highest BCUT2D eigenvalue weighted by molar-refractivity contribution is 5.92. The van der Waals surface area contributed by atoms with Crippen LogP contribution in [-0.2, 0) is 11.2 Å². The summed E-state index contributed by atoms with van der Waals surface area (Å²) >= 11 is 0. The Labute approximate surface area is 180 Å². The molecule has 2 aromatic heterocycles. The van der Waals surface area contributed by atoms with Gasteiger partial charge in [-0.1, -0.05) is 30.3 Å². The highest BCUT2D eigenvalue weighted by Gasteiger charge is 2.34. The van der Waals surface area contributed by atoms with E-state index in [1.165, 1.54) is 5.56 Å². The number of carbonyl (C=O) groups excluding carboxylic acids is 1. The second kappa shape index (κ2) is 8.22. The van der Waals surface area contributed by atoms with E-state index in [-0.39, 0.29) is 5.91 Å². The van der Waals surface area contributed by atoms with Gasteiger partial charge < -0.3 is 10.1 Å². The van der Waals surface area contributed by atoms with Gasteiger partial charge in [-0.25, -0.2) is 0 Å². The molecule has 0 saturated heterocycles. The van der Waals surface area contributed by atoms with Crippen molar-refractivity contribution in [1.29, 1.82) is 0 Å². The first-order valence-corrected chi connectivity index (χ1v) is 10.5. The summed E-state index contributed by atoms with van der Waals surface area (Å²) in [6.45, 7) is 0. The molecule has 156 valence electrons. The number of carbonyl (C=O) groups is 1. The number of aromatic nitrogens is 3. The fourth-order valence-corrected chi connectivity index (χ4v) is 4.34. The van der Waals surface area contributed by atoms with Crippen LogP contribution in [0, 0.1) is 0 Å². The van der Waals surface area contributed by atoms with E-state index in [0.717, 1.165) is 40.8 Å². The third-order valence-corrected chi connectivity index (χ3v) is 6.04. The normalized spacial score (nSPS) is 17.8. The summed E-state index contributed by atoms with van der Waals surface area (Å²) in [5, 5.41) is 11.4. The van der Waals surface area contributed by atoms with Crippen LogP contribution >= 0.6 is 0 Å². The summed E-state index contributed by atoms with van der Waals surface area (Å²) in [4.78, 5) is 16.8. The van der Waals surface area contributed by atoms with Crippen molar-refractivity contribution in [3.8, 4) is 5.75 Å². The summed E-state index contributed by atoms with van der Waals surface area (Å²) in [6.07, 6.45) is 4.14. The first kappa shape index (κ1) is 19.3. The Hall–Kier alpha value is -3.67.